The van der Waals surface area contributed by atoms with E-state index in [1.165, 1.54) is 11.8 Å². The van der Waals surface area contributed by atoms with Gasteiger partial charge in [-0.1, -0.05) is 88.4 Å². The summed E-state index contributed by atoms with van der Waals surface area (Å²) in [5.41, 5.74) is 0.700. The van der Waals surface area contributed by atoms with Crippen molar-refractivity contribution in [2.24, 2.45) is 11.8 Å². The van der Waals surface area contributed by atoms with Crippen molar-refractivity contribution in [3.63, 3.8) is 0 Å². The number of hydrogen-bond acceptors (Lipinski definition) is 8. The zero-order valence-electron chi connectivity index (χ0n) is 32.8. The van der Waals surface area contributed by atoms with Crippen LogP contribution in [0.5, 0.6) is 0 Å². The first-order chi connectivity index (χ1) is 25.4. The summed E-state index contributed by atoms with van der Waals surface area (Å²) in [5.74, 6) is -3.27. The van der Waals surface area contributed by atoms with Crippen LogP contribution in [-0.4, -0.2) is 88.6 Å². The van der Waals surface area contributed by atoms with Gasteiger partial charge in [-0.25, -0.2) is 9.59 Å². The number of benzene rings is 2. The van der Waals surface area contributed by atoms with Crippen molar-refractivity contribution >= 4 is 47.5 Å². The highest BCUT2D eigenvalue weighted by molar-refractivity contribution is 7.98. The Labute approximate surface area is 323 Å². The molecule has 0 aromatic heterocycles. The number of ether oxygens (including phenoxy) is 1. The van der Waals surface area contributed by atoms with Gasteiger partial charge in [0.15, 0.2) is 0 Å². The van der Waals surface area contributed by atoms with E-state index in [1.54, 1.807) is 45.0 Å². The Hall–Kier alpha value is -4.59. The lowest BCUT2D eigenvalue weighted by molar-refractivity contribution is -0.142. The minimum Gasteiger partial charge on any atom is -0.480 e. The van der Waals surface area contributed by atoms with Gasteiger partial charge in [0, 0.05) is 12.8 Å². The first-order valence-electron chi connectivity index (χ1n) is 18.4. The second-order valence-electron chi connectivity index (χ2n) is 15.2. The second kappa shape index (κ2) is 22.6. The van der Waals surface area contributed by atoms with Crippen LogP contribution in [0.15, 0.2) is 60.7 Å². The molecular formula is C40H59N5O8S. The lowest BCUT2D eigenvalue weighted by Crippen LogP contribution is -2.59. The van der Waals surface area contributed by atoms with Gasteiger partial charge in [0.25, 0.3) is 0 Å². The largest absolute Gasteiger partial charge is 0.480 e. The van der Waals surface area contributed by atoms with Crippen LogP contribution in [0.3, 0.4) is 0 Å². The zero-order chi connectivity index (χ0) is 40.4. The maximum absolute atomic E-state index is 13.9. The van der Waals surface area contributed by atoms with E-state index in [9.17, 15) is 33.9 Å². The lowest BCUT2D eigenvalue weighted by Gasteiger charge is -2.28. The Morgan fingerprint density at radius 3 is 1.41 bits per heavy atom. The maximum Gasteiger partial charge on any atom is 0.408 e. The first kappa shape index (κ1) is 45.6. The van der Waals surface area contributed by atoms with Gasteiger partial charge in [-0.3, -0.25) is 19.2 Å². The molecule has 0 unspecified atom stereocenters. The van der Waals surface area contributed by atoms with E-state index >= 15 is 0 Å². The zero-order valence-corrected chi connectivity index (χ0v) is 33.6. The molecule has 2 aromatic rings. The van der Waals surface area contributed by atoms with E-state index in [-0.39, 0.29) is 43.9 Å². The lowest BCUT2D eigenvalue weighted by atomic mass is 10.00. The highest BCUT2D eigenvalue weighted by Gasteiger charge is 2.33. The molecule has 0 bridgehead atoms. The van der Waals surface area contributed by atoms with Gasteiger partial charge in [0.1, 0.15) is 35.8 Å². The van der Waals surface area contributed by atoms with E-state index in [0.717, 1.165) is 11.1 Å². The van der Waals surface area contributed by atoms with Crippen molar-refractivity contribution in [3.05, 3.63) is 71.8 Å². The first-order valence-corrected chi connectivity index (χ1v) is 19.8. The predicted molar refractivity (Wildman–Crippen MR) is 211 cm³/mol. The van der Waals surface area contributed by atoms with Crippen LogP contribution >= 0.6 is 11.8 Å². The van der Waals surface area contributed by atoms with Crippen molar-refractivity contribution in [3.8, 4) is 0 Å². The fraction of sp³-hybridized carbons (Fsp3) is 0.550. The molecule has 0 fully saturated rings. The molecule has 0 saturated heterocycles. The van der Waals surface area contributed by atoms with Crippen LogP contribution in [0, 0.1) is 11.8 Å². The van der Waals surface area contributed by atoms with Crippen LogP contribution < -0.4 is 26.6 Å². The van der Waals surface area contributed by atoms with E-state index in [1.807, 2.05) is 70.3 Å². The highest BCUT2D eigenvalue weighted by Crippen LogP contribution is 2.13. The van der Waals surface area contributed by atoms with Crippen LogP contribution in [0.4, 0.5) is 4.79 Å². The van der Waals surface area contributed by atoms with E-state index in [4.69, 9.17) is 4.74 Å². The third-order valence-corrected chi connectivity index (χ3v) is 8.76. The summed E-state index contributed by atoms with van der Waals surface area (Å²) in [5, 5.41) is 23.5. The molecule has 5 atom stereocenters. The summed E-state index contributed by atoms with van der Waals surface area (Å²) >= 11 is 1.47. The topological polar surface area (TPSA) is 192 Å². The van der Waals surface area contributed by atoms with Crippen LogP contribution in [0.25, 0.3) is 0 Å². The number of amides is 5. The summed E-state index contributed by atoms with van der Waals surface area (Å²) in [6.07, 6.45) is 1.93. The standard InChI is InChI=1S/C40H59N5O8S/c1-25(2)21-30(43-37(49)32(23-27-15-11-9-12-16-27)45-39(52)53-40(5,6)7)35(47)41-29(19-20-54-8)34(46)42-31(22-26(3)4)36(48)44-33(38(50)51)24-28-17-13-10-14-18-28/h9-18,25-26,29-33H,19-24H2,1-8H3,(H,41,47)(H,42,46)(H,43,49)(H,44,48)(H,45,52)(H,50,51)/t29-,30+,31+,32-,33-/m0/s1. The maximum atomic E-state index is 13.9. The minimum absolute atomic E-state index is 0.0388. The van der Waals surface area contributed by atoms with Gasteiger partial charge in [0.05, 0.1) is 0 Å². The minimum atomic E-state index is -1.23. The number of carbonyl (C=O) groups is 6. The van der Waals surface area contributed by atoms with Crippen LogP contribution in [0.2, 0.25) is 0 Å². The number of thioether (sulfide) groups is 1. The van der Waals surface area contributed by atoms with Crippen molar-refractivity contribution in [2.75, 3.05) is 12.0 Å². The van der Waals surface area contributed by atoms with Gasteiger partial charge < -0.3 is 36.4 Å². The molecule has 13 nitrogen and oxygen atoms in total. The van der Waals surface area contributed by atoms with Crippen molar-refractivity contribution in [2.45, 2.75) is 116 Å². The van der Waals surface area contributed by atoms with Gasteiger partial charge in [-0.15, -0.1) is 0 Å². The number of rotatable bonds is 21. The number of carboxylic acids is 1. The molecular weight excluding hydrogens is 711 g/mol. The summed E-state index contributed by atoms with van der Waals surface area (Å²) in [6, 6.07) is 12.5. The summed E-state index contributed by atoms with van der Waals surface area (Å²) < 4.78 is 5.41. The summed E-state index contributed by atoms with van der Waals surface area (Å²) in [6.45, 7) is 12.7. The smallest absolute Gasteiger partial charge is 0.408 e. The van der Waals surface area contributed by atoms with Crippen molar-refractivity contribution in [1.29, 1.82) is 0 Å². The number of aliphatic carboxylic acids is 1. The third-order valence-electron chi connectivity index (χ3n) is 8.11. The highest BCUT2D eigenvalue weighted by atomic mass is 32.2. The average molecular weight is 770 g/mol. The fourth-order valence-corrected chi connectivity index (χ4v) is 6.03. The molecule has 6 N–H and O–H groups in total. The molecule has 5 amide bonds. The Balaban J connectivity index is 2.28. The van der Waals surface area contributed by atoms with E-state index in [2.05, 4.69) is 26.6 Å². The second-order valence-corrected chi connectivity index (χ2v) is 16.2. The molecule has 2 aromatic carbocycles. The van der Waals surface area contributed by atoms with Crippen LogP contribution in [0.1, 0.15) is 78.9 Å². The van der Waals surface area contributed by atoms with Crippen molar-refractivity contribution in [1.82, 2.24) is 26.6 Å². The van der Waals surface area contributed by atoms with Gasteiger partial charge in [0.2, 0.25) is 23.6 Å². The normalized spacial score (nSPS) is 14.2. The average Bonchev–Trinajstić information content (AvgIpc) is 3.08. The fourth-order valence-electron chi connectivity index (χ4n) is 5.56. The number of hydrogen-bond donors (Lipinski definition) is 6. The number of carboxylic acid groups (broad SMARTS) is 1. The molecule has 0 saturated carbocycles. The quantitative estimate of drug-likeness (QED) is 0.108. The van der Waals surface area contributed by atoms with Gasteiger partial charge in [-0.05, 0) is 75.0 Å². The Morgan fingerprint density at radius 2 is 1.00 bits per heavy atom. The van der Waals surface area contributed by atoms with Crippen molar-refractivity contribution < 1.29 is 38.6 Å². The Kier molecular flexibility index (Phi) is 19.1. The molecule has 2 rings (SSSR count). The Bertz CT molecular complexity index is 1520. The molecule has 0 aliphatic rings. The van der Waals surface area contributed by atoms with Crippen LogP contribution in [-0.2, 0) is 41.6 Å². The molecule has 0 heterocycles. The molecule has 0 aliphatic heterocycles. The summed E-state index contributed by atoms with van der Waals surface area (Å²) in [7, 11) is 0. The van der Waals surface area contributed by atoms with Gasteiger partial charge in [-0.2, -0.15) is 11.8 Å². The number of alkyl carbamates (subject to hydrolysis) is 1. The van der Waals surface area contributed by atoms with Gasteiger partial charge >= 0.3 is 12.1 Å². The molecule has 0 radical (unpaired) electrons. The molecule has 54 heavy (non-hydrogen) atoms. The summed E-state index contributed by atoms with van der Waals surface area (Å²) in [4.78, 5) is 79.9. The molecule has 0 aliphatic carbocycles. The third kappa shape index (κ3) is 17.5. The monoisotopic (exact) mass is 769 g/mol. The van der Waals surface area contributed by atoms with E-state index in [0.29, 0.717) is 5.75 Å². The molecule has 0 spiro atoms. The molecule has 298 valence electrons. The predicted octanol–water partition coefficient (Wildman–Crippen LogP) is 4.23. The SMILES string of the molecule is CSCC[C@H](NC(=O)[C@@H](CC(C)C)NC(=O)[C@H](Cc1ccccc1)NC(=O)OC(C)(C)C)C(=O)N[C@H](CC(C)C)C(=O)N[C@@H](Cc1ccccc1)C(=O)O. The molecule has 14 heteroatoms. The Morgan fingerprint density at radius 1 is 0.611 bits per heavy atom. The number of carbonyl (C=O) groups excluding carboxylic acids is 5. The number of nitrogens with one attached hydrogen (secondary N) is 5. The van der Waals surface area contributed by atoms with E-state index < -0.39 is 71.5 Å².